The van der Waals surface area contributed by atoms with Gasteiger partial charge in [0.05, 0.1) is 16.5 Å². The van der Waals surface area contributed by atoms with E-state index in [0.717, 1.165) is 35.9 Å². The van der Waals surface area contributed by atoms with Crippen LogP contribution >= 0.6 is 27.7 Å². The summed E-state index contributed by atoms with van der Waals surface area (Å²) in [6, 6.07) is 3.18. The monoisotopic (exact) mass is 454 g/mol. The number of likely N-dealkylation sites (tertiary alicyclic amines) is 1. The van der Waals surface area contributed by atoms with E-state index in [-0.39, 0.29) is 28.9 Å². The molecule has 0 bridgehead atoms. The number of ether oxygens (including phenoxy) is 1. The Balaban J connectivity index is 1.76. The van der Waals surface area contributed by atoms with E-state index in [2.05, 4.69) is 15.9 Å². The Bertz CT molecular complexity index is 820. The zero-order valence-electron chi connectivity index (χ0n) is 14.7. The molecular formula is C18H19BrN2O5S. The van der Waals surface area contributed by atoms with Gasteiger partial charge in [0.25, 0.3) is 11.1 Å². The maximum absolute atomic E-state index is 12.6. The quantitative estimate of drug-likeness (QED) is 0.702. The molecular weight excluding hydrogens is 436 g/mol. The first kappa shape index (κ1) is 19.8. The van der Waals surface area contributed by atoms with Gasteiger partial charge in [0.1, 0.15) is 6.54 Å². The predicted octanol–water partition coefficient (Wildman–Crippen LogP) is 3.21. The lowest BCUT2D eigenvalue weighted by Crippen LogP contribution is -2.44. The highest BCUT2D eigenvalue weighted by Crippen LogP contribution is 2.38. The van der Waals surface area contributed by atoms with Gasteiger partial charge in [0.2, 0.25) is 5.91 Å². The van der Waals surface area contributed by atoms with Crippen LogP contribution in [0.1, 0.15) is 24.8 Å². The first-order chi connectivity index (χ1) is 12.9. The Kier molecular flexibility index (Phi) is 6.11. The van der Waals surface area contributed by atoms with Crippen molar-refractivity contribution in [3.05, 3.63) is 27.1 Å². The number of carbonyl (C=O) groups is 3. The molecule has 1 aromatic rings. The number of hydrogen-bond donors (Lipinski definition) is 1. The Morgan fingerprint density at radius 1 is 1.30 bits per heavy atom. The van der Waals surface area contributed by atoms with E-state index in [1.54, 1.807) is 23.1 Å². The molecule has 0 aromatic heterocycles. The molecule has 2 fully saturated rings. The molecule has 0 spiro atoms. The van der Waals surface area contributed by atoms with Crippen LogP contribution in [0.15, 0.2) is 21.5 Å². The van der Waals surface area contributed by atoms with Crippen LogP contribution in [0.5, 0.6) is 11.5 Å². The van der Waals surface area contributed by atoms with Crippen molar-refractivity contribution >= 4 is 50.8 Å². The lowest BCUT2D eigenvalue weighted by Gasteiger charge is -2.27. The molecule has 1 N–H and O–H groups in total. The number of phenolic OH excluding ortho intramolecular Hbond substituents is 1. The van der Waals surface area contributed by atoms with Crippen molar-refractivity contribution in [1.29, 1.82) is 0 Å². The third-order valence-electron chi connectivity index (χ3n) is 4.44. The topological polar surface area (TPSA) is 87.2 Å². The van der Waals surface area contributed by atoms with E-state index >= 15 is 0 Å². The molecule has 2 aliphatic rings. The van der Waals surface area contributed by atoms with Gasteiger partial charge in [-0.1, -0.05) is 0 Å². The number of phenols is 1. The number of amides is 3. The average molecular weight is 455 g/mol. The molecule has 3 rings (SSSR count). The molecule has 27 heavy (non-hydrogen) atoms. The standard InChI is InChI=1S/C18H19BrN2O5S/c1-26-13-8-11(7-12(19)16(13)23)9-14-17(24)21(18(25)27-14)10-15(22)20-5-3-2-4-6-20/h7-9,23H,2-6,10H2,1H3/b14-9-. The molecule has 0 radical (unpaired) electrons. The number of thioether (sulfide) groups is 1. The number of rotatable bonds is 4. The number of imide groups is 1. The number of methoxy groups -OCH3 is 1. The summed E-state index contributed by atoms with van der Waals surface area (Å²) in [5.74, 6) is -0.490. The van der Waals surface area contributed by atoms with Gasteiger partial charge in [-0.25, -0.2) is 0 Å². The molecule has 0 atom stereocenters. The molecule has 2 saturated heterocycles. The maximum atomic E-state index is 12.6. The lowest BCUT2D eigenvalue weighted by atomic mass is 10.1. The van der Waals surface area contributed by atoms with Gasteiger partial charge in [-0.15, -0.1) is 0 Å². The summed E-state index contributed by atoms with van der Waals surface area (Å²) in [4.78, 5) is 40.1. The molecule has 0 unspecified atom stereocenters. The minimum atomic E-state index is -0.487. The van der Waals surface area contributed by atoms with Crippen molar-refractivity contribution in [2.24, 2.45) is 0 Å². The van der Waals surface area contributed by atoms with Gasteiger partial charge in [0, 0.05) is 13.1 Å². The van der Waals surface area contributed by atoms with Crippen molar-refractivity contribution in [1.82, 2.24) is 9.80 Å². The molecule has 3 amide bonds. The van der Waals surface area contributed by atoms with E-state index < -0.39 is 11.1 Å². The third kappa shape index (κ3) is 4.30. The minimum absolute atomic E-state index is 0.0464. The third-order valence-corrected chi connectivity index (χ3v) is 5.96. The van der Waals surface area contributed by atoms with Crippen molar-refractivity contribution in [3.63, 3.8) is 0 Å². The Morgan fingerprint density at radius 2 is 2.00 bits per heavy atom. The number of benzene rings is 1. The molecule has 0 aliphatic carbocycles. The molecule has 1 aromatic carbocycles. The fourth-order valence-electron chi connectivity index (χ4n) is 3.00. The number of carbonyl (C=O) groups excluding carboxylic acids is 3. The average Bonchev–Trinajstić information content (AvgIpc) is 2.92. The number of nitrogens with zero attached hydrogens (tertiary/aromatic N) is 2. The van der Waals surface area contributed by atoms with Crippen molar-refractivity contribution < 1.29 is 24.2 Å². The summed E-state index contributed by atoms with van der Waals surface area (Å²) in [7, 11) is 1.42. The van der Waals surface area contributed by atoms with Crippen LogP contribution in [0.3, 0.4) is 0 Å². The van der Waals surface area contributed by atoms with Crippen LogP contribution in [0.4, 0.5) is 4.79 Å². The second-order valence-corrected chi connectivity index (χ2v) is 8.11. The fraction of sp³-hybridized carbons (Fsp3) is 0.389. The van der Waals surface area contributed by atoms with E-state index in [0.29, 0.717) is 23.1 Å². The zero-order valence-corrected chi connectivity index (χ0v) is 17.1. The van der Waals surface area contributed by atoms with Gasteiger partial charge < -0.3 is 14.7 Å². The highest BCUT2D eigenvalue weighted by Gasteiger charge is 2.37. The van der Waals surface area contributed by atoms with E-state index in [9.17, 15) is 19.5 Å². The predicted molar refractivity (Wildman–Crippen MR) is 105 cm³/mol. The number of halogens is 1. The van der Waals surface area contributed by atoms with Crippen molar-refractivity contribution in [2.45, 2.75) is 19.3 Å². The highest BCUT2D eigenvalue weighted by molar-refractivity contribution is 9.10. The zero-order chi connectivity index (χ0) is 19.6. The fourth-order valence-corrected chi connectivity index (χ4v) is 4.30. The SMILES string of the molecule is COc1cc(/C=C2\SC(=O)N(CC(=O)N3CCCCC3)C2=O)cc(Br)c1O. The summed E-state index contributed by atoms with van der Waals surface area (Å²) in [5, 5.41) is 9.42. The molecule has 2 heterocycles. The lowest BCUT2D eigenvalue weighted by molar-refractivity contribution is -0.136. The largest absolute Gasteiger partial charge is 0.503 e. The van der Waals surface area contributed by atoms with Crippen LogP contribution in [-0.4, -0.2) is 58.7 Å². The van der Waals surface area contributed by atoms with Gasteiger partial charge in [-0.3, -0.25) is 19.3 Å². The van der Waals surface area contributed by atoms with Crippen LogP contribution in [0.2, 0.25) is 0 Å². The van der Waals surface area contributed by atoms with E-state index in [4.69, 9.17) is 4.74 Å². The van der Waals surface area contributed by atoms with Crippen molar-refractivity contribution in [2.75, 3.05) is 26.7 Å². The molecule has 7 nitrogen and oxygen atoms in total. The van der Waals surface area contributed by atoms with Crippen molar-refractivity contribution in [3.8, 4) is 11.5 Å². The Hall–Kier alpha value is -2.00. The van der Waals surface area contributed by atoms with Gasteiger partial charge in [-0.05, 0) is 70.7 Å². The molecule has 144 valence electrons. The molecule has 9 heteroatoms. The summed E-state index contributed by atoms with van der Waals surface area (Å²) < 4.78 is 5.50. The second-order valence-electron chi connectivity index (χ2n) is 6.26. The normalized spacial score (nSPS) is 19.1. The van der Waals surface area contributed by atoms with Crippen LogP contribution < -0.4 is 4.74 Å². The smallest absolute Gasteiger partial charge is 0.294 e. The van der Waals surface area contributed by atoms with Gasteiger partial charge >= 0.3 is 0 Å². The summed E-state index contributed by atoms with van der Waals surface area (Å²) in [6.07, 6.45) is 4.54. The molecule has 2 aliphatic heterocycles. The van der Waals surface area contributed by atoms with Crippen LogP contribution in [0, 0.1) is 0 Å². The number of piperidine rings is 1. The highest BCUT2D eigenvalue weighted by atomic mass is 79.9. The molecule has 0 saturated carbocycles. The summed E-state index contributed by atoms with van der Waals surface area (Å²) >= 11 is 4.02. The Labute approximate surface area is 169 Å². The van der Waals surface area contributed by atoms with Crippen LogP contribution in [0.25, 0.3) is 6.08 Å². The minimum Gasteiger partial charge on any atom is -0.503 e. The first-order valence-electron chi connectivity index (χ1n) is 8.50. The van der Waals surface area contributed by atoms with E-state index in [1.807, 2.05) is 0 Å². The number of aromatic hydroxyl groups is 1. The Morgan fingerprint density at radius 3 is 2.67 bits per heavy atom. The van der Waals surface area contributed by atoms with E-state index in [1.165, 1.54) is 7.11 Å². The van der Waals surface area contributed by atoms with Gasteiger partial charge in [-0.2, -0.15) is 0 Å². The first-order valence-corrected chi connectivity index (χ1v) is 10.1. The van der Waals surface area contributed by atoms with Crippen LogP contribution in [-0.2, 0) is 9.59 Å². The second kappa shape index (κ2) is 8.35. The number of hydrogen-bond acceptors (Lipinski definition) is 6. The summed E-state index contributed by atoms with van der Waals surface area (Å²) in [6.45, 7) is 1.11. The maximum Gasteiger partial charge on any atom is 0.294 e. The van der Waals surface area contributed by atoms with Gasteiger partial charge in [0.15, 0.2) is 11.5 Å². The summed E-state index contributed by atoms with van der Waals surface area (Å²) in [5.41, 5.74) is 0.587.